The van der Waals surface area contributed by atoms with Crippen molar-refractivity contribution >= 4 is 16.9 Å². The summed E-state index contributed by atoms with van der Waals surface area (Å²) in [6.07, 6.45) is 0. The quantitative estimate of drug-likeness (QED) is 0.797. The molecule has 0 saturated carbocycles. The molecule has 4 nitrogen and oxygen atoms in total. The van der Waals surface area contributed by atoms with Gasteiger partial charge in [-0.15, -0.1) is 0 Å². The molecule has 6 heteroatoms. The molecule has 0 saturated heterocycles. The van der Waals surface area contributed by atoms with E-state index in [1.165, 1.54) is 6.07 Å². The number of hydrogen-bond acceptors (Lipinski definition) is 2. The van der Waals surface area contributed by atoms with Gasteiger partial charge in [0.25, 0.3) is 5.56 Å². The lowest BCUT2D eigenvalue weighted by molar-refractivity contribution is 0.0693. The molecule has 0 aliphatic heterocycles. The molecule has 0 fully saturated rings. The van der Waals surface area contributed by atoms with Gasteiger partial charge < -0.3 is 10.1 Å². The molecule has 2 aromatic rings. The zero-order valence-electron chi connectivity index (χ0n) is 8.67. The molecular weight excluding hydrogens is 232 g/mol. The summed E-state index contributed by atoms with van der Waals surface area (Å²) >= 11 is 0. The van der Waals surface area contributed by atoms with Crippen LogP contribution in [0.2, 0.25) is 0 Å². The average Bonchev–Trinajstić information content (AvgIpc) is 2.26. The third kappa shape index (κ3) is 1.57. The Morgan fingerprint density at radius 3 is 2.59 bits per heavy atom. The standard InChI is InChI=1S/C11H7F2NO3/c1-4-2-3-5(12)6-7(11(16)17)8(13)10(15)14-9(4)6/h2-3H,1H3,(H,14,15)(H,16,17). The zero-order valence-corrected chi connectivity index (χ0v) is 8.67. The van der Waals surface area contributed by atoms with E-state index >= 15 is 0 Å². The van der Waals surface area contributed by atoms with Crippen LogP contribution in [-0.4, -0.2) is 16.1 Å². The fourth-order valence-corrected chi connectivity index (χ4v) is 1.68. The topological polar surface area (TPSA) is 70.2 Å². The Morgan fingerprint density at radius 2 is 2.00 bits per heavy atom. The molecule has 0 atom stereocenters. The summed E-state index contributed by atoms with van der Waals surface area (Å²) in [5.74, 6) is -4.06. The normalized spacial score (nSPS) is 10.8. The maximum atomic E-state index is 13.5. The number of aromatic carboxylic acids is 1. The van der Waals surface area contributed by atoms with Gasteiger partial charge in [0, 0.05) is 0 Å². The number of pyridine rings is 1. The van der Waals surface area contributed by atoms with Crippen molar-refractivity contribution in [3.8, 4) is 0 Å². The highest BCUT2D eigenvalue weighted by molar-refractivity contribution is 6.03. The van der Waals surface area contributed by atoms with Crippen molar-refractivity contribution in [2.45, 2.75) is 6.92 Å². The van der Waals surface area contributed by atoms with Crippen LogP contribution in [0.3, 0.4) is 0 Å². The SMILES string of the molecule is Cc1ccc(F)c2c(C(=O)O)c(F)c(=O)[nH]c12. The molecule has 17 heavy (non-hydrogen) atoms. The number of aryl methyl sites for hydroxylation is 1. The monoisotopic (exact) mass is 239 g/mol. The minimum Gasteiger partial charge on any atom is -0.478 e. The number of halogens is 2. The van der Waals surface area contributed by atoms with E-state index in [1.807, 2.05) is 0 Å². The van der Waals surface area contributed by atoms with Gasteiger partial charge in [0.05, 0.1) is 10.9 Å². The molecule has 2 N–H and O–H groups in total. The van der Waals surface area contributed by atoms with E-state index in [-0.39, 0.29) is 5.52 Å². The number of aromatic nitrogens is 1. The summed E-state index contributed by atoms with van der Waals surface area (Å²) in [5, 5.41) is 8.42. The van der Waals surface area contributed by atoms with Crippen molar-refractivity contribution in [3.63, 3.8) is 0 Å². The molecule has 1 aromatic carbocycles. The lowest BCUT2D eigenvalue weighted by Crippen LogP contribution is -2.18. The number of nitrogens with one attached hydrogen (secondary N) is 1. The van der Waals surface area contributed by atoms with Gasteiger partial charge in [-0.2, -0.15) is 4.39 Å². The minimum absolute atomic E-state index is 0.00574. The third-order valence-electron chi connectivity index (χ3n) is 2.48. The first kappa shape index (κ1) is 11.3. The molecular formula is C11H7F2NO3. The highest BCUT2D eigenvalue weighted by atomic mass is 19.1. The lowest BCUT2D eigenvalue weighted by Gasteiger charge is -2.07. The van der Waals surface area contributed by atoms with Gasteiger partial charge in [-0.25, -0.2) is 9.18 Å². The predicted molar refractivity (Wildman–Crippen MR) is 56.2 cm³/mol. The molecule has 0 aliphatic rings. The summed E-state index contributed by atoms with van der Waals surface area (Å²) in [4.78, 5) is 24.2. The Bertz CT molecular complexity index is 691. The average molecular weight is 239 g/mol. The van der Waals surface area contributed by atoms with E-state index in [4.69, 9.17) is 5.11 Å². The maximum Gasteiger partial charge on any atom is 0.339 e. The number of benzene rings is 1. The first-order valence-corrected chi connectivity index (χ1v) is 4.67. The number of hydrogen-bond donors (Lipinski definition) is 2. The number of carboxylic acid groups (broad SMARTS) is 1. The van der Waals surface area contributed by atoms with Gasteiger partial charge in [0.15, 0.2) is 0 Å². The van der Waals surface area contributed by atoms with Crippen molar-refractivity contribution in [2.24, 2.45) is 0 Å². The van der Waals surface area contributed by atoms with Crippen LogP contribution < -0.4 is 5.56 Å². The van der Waals surface area contributed by atoms with E-state index in [0.29, 0.717) is 5.56 Å². The van der Waals surface area contributed by atoms with E-state index in [2.05, 4.69) is 4.98 Å². The van der Waals surface area contributed by atoms with Crippen LogP contribution in [0.4, 0.5) is 8.78 Å². The van der Waals surface area contributed by atoms with Crippen LogP contribution in [0.25, 0.3) is 10.9 Å². The molecule has 1 heterocycles. The predicted octanol–water partition coefficient (Wildman–Crippen LogP) is 1.81. The lowest BCUT2D eigenvalue weighted by atomic mass is 10.0. The minimum atomic E-state index is -1.68. The number of carbonyl (C=O) groups is 1. The second-order valence-corrected chi connectivity index (χ2v) is 3.56. The summed E-state index contributed by atoms with van der Waals surface area (Å²) in [7, 11) is 0. The van der Waals surface area contributed by atoms with Crippen molar-refractivity contribution in [2.75, 3.05) is 0 Å². The van der Waals surface area contributed by atoms with Crippen LogP contribution in [0.5, 0.6) is 0 Å². The number of rotatable bonds is 1. The fraction of sp³-hybridized carbons (Fsp3) is 0.0909. The highest BCUT2D eigenvalue weighted by Gasteiger charge is 2.21. The first-order valence-electron chi connectivity index (χ1n) is 4.67. The second kappa shape index (κ2) is 3.65. The van der Waals surface area contributed by atoms with E-state index < -0.39 is 34.1 Å². The van der Waals surface area contributed by atoms with Gasteiger partial charge in [-0.3, -0.25) is 4.79 Å². The largest absolute Gasteiger partial charge is 0.478 e. The molecule has 0 amide bonds. The summed E-state index contributed by atoms with van der Waals surface area (Å²) in [5.41, 5.74) is -1.66. The smallest absolute Gasteiger partial charge is 0.339 e. The van der Waals surface area contributed by atoms with Crippen molar-refractivity contribution in [1.82, 2.24) is 4.98 Å². The van der Waals surface area contributed by atoms with Gasteiger partial charge in [-0.1, -0.05) is 6.07 Å². The van der Waals surface area contributed by atoms with Crippen LogP contribution in [0.15, 0.2) is 16.9 Å². The second-order valence-electron chi connectivity index (χ2n) is 3.56. The van der Waals surface area contributed by atoms with E-state index in [1.54, 1.807) is 6.92 Å². The summed E-state index contributed by atoms with van der Waals surface area (Å²) in [6, 6.07) is 2.40. The molecule has 0 spiro atoms. The summed E-state index contributed by atoms with van der Waals surface area (Å²) in [6.45, 7) is 1.56. The molecule has 0 aliphatic carbocycles. The maximum absolute atomic E-state index is 13.5. The Labute approximate surface area is 93.5 Å². The van der Waals surface area contributed by atoms with Gasteiger partial charge in [-0.05, 0) is 18.6 Å². The Hall–Kier alpha value is -2.24. The highest BCUT2D eigenvalue weighted by Crippen LogP contribution is 2.23. The number of carboxylic acids is 1. The van der Waals surface area contributed by atoms with Crippen molar-refractivity contribution in [3.05, 3.63) is 45.2 Å². The number of fused-ring (bicyclic) bond motifs is 1. The third-order valence-corrected chi connectivity index (χ3v) is 2.48. The van der Waals surface area contributed by atoms with Crippen molar-refractivity contribution in [1.29, 1.82) is 0 Å². The molecule has 88 valence electrons. The van der Waals surface area contributed by atoms with E-state index in [0.717, 1.165) is 6.07 Å². The Morgan fingerprint density at radius 1 is 1.35 bits per heavy atom. The molecule has 2 rings (SSSR count). The molecule has 0 bridgehead atoms. The summed E-state index contributed by atoms with van der Waals surface area (Å²) < 4.78 is 26.9. The number of aromatic amines is 1. The fourth-order valence-electron chi connectivity index (χ4n) is 1.68. The van der Waals surface area contributed by atoms with Gasteiger partial charge in [0.2, 0.25) is 5.82 Å². The molecule has 0 unspecified atom stereocenters. The van der Waals surface area contributed by atoms with Gasteiger partial charge in [0.1, 0.15) is 11.4 Å². The van der Waals surface area contributed by atoms with E-state index in [9.17, 15) is 18.4 Å². The number of H-pyrrole nitrogens is 1. The van der Waals surface area contributed by atoms with Crippen LogP contribution in [0.1, 0.15) is 15.9 Å². The first-order chi connectivity index (χ1) is 7.93. The zero-order chi connectivity index (χ0) is 12.7. The Kier molecular flexibility index (Phi) is 2.42. The Balaban J connectivity index is 3.14. The molecule has 0 radical (unpaired) electrons. The van der Waals surface area contributed by atoms with Crippen molar-refractivity contribution < 1.29 is 18.7 Å². The van der Waals surface area contributed by atoms with Crippen LogP contribution >= 0.6 is 0 Å². The van der Waals surface area contributed by atoms with Crippen LogP contribution in [-0.2, 0) is 0 Å². The molecule has 1 aromatic heterocycles. The van der Waals surface area contributed by atoms with Crippen LogP contribution in [0, 0.1) is 18.6 Å². The van der Waals surface area contributed by atoms with Gasteiger partial charge >= 0.3 is 5.97 Å².